The first-order valence-electron chi connectivity index (χ1n) is 5.76. The van der Waals surface area contributed by atoms with Crippen molar-refractivity contribution in [1.82, 2.24) is 10.2 Å². The normalized spacial score (nSPS) is 19.3. The van der Waals surface area contributed by atoms with Crippen molar-refractivity contribution in [1.29, 1.82) is 0 Å². The molecule has 0 bridgehead atoms. The van der Waals surface area contributed by atoms with Crippen molar-refractivity contribution < 1.29 is 14.0 Å². The number of halogens is 2. The Hall–Kier alpha value is -1.66. The van der Waals surface area contributed by atoms with E-state index >= 15 is 0 Å². The summed E-state index contributed by atoms with van der Waals surface area (Å²) in [7, 11) is 0. The number of benzene rings is 1. The predicted octanol–water partition coefficient (Wildman–Crippen LogP) is 0.378. The zero-order valence-electron chi connectivity index (χ0n) is 10.0. The summed E-state index contributed by atoms with van der Waals surface area (Å²) in [4.78, 5) is 25.0. The van der Waals surface area contributed by atoms with E-state index < -0.39 is 23.7 Å². The molecule has 1 aromatic rings. The lowest BCUT2D eigenvalue weighted by Gasteiger charge is -2.34. The molecule has 0 saturated carbocycles. The minimum Gasteiger partial charge on any atom is -0.368 e. The number of nitrogens with zero attached hydrogens (tertiary/aromatic N) is 1. The fraction of sp³-hybridized carbons (Fsp3) is 0.333. The SMILES string of the molecule is NC(=O)C1CNCCN1C(=O)c1ccc(F)cc1Cl. The van der Waals surface area contributed by atoms with E-state index in [0.717, 1.165) is 12.1 Å². The van der Waals surface area contributed by atoms with E-state index in [2.05, 4.69) is 5.32 Å². The lowest BCUT2D eigenvalue weighted by molar-refractivity contribution is -0.122. The molecule has 1 aliphatic rings. The molecular weight excluding hydrogens is 273 g/mol. The Morgan fingerprint density at radius 3 is 2.84 bits per heavy atom. The highest BCUT2D eigenvalue weighted by Crippen LogP contribution is 2.20. The van der Waals surface area contributed by atoms with Crippen LogP contribution in [0, 0.1) is 5.82 Å². The van der Waals surface area contributed by atoms with Crippen LogP contribution in [0.5, 0.6) is 0 Å². The Balaban J connectivity index is 2.28. The van der Waals surface area contributed by atoms with Crippen LogP contribution in [0.2, 0.25) is 5.02 Å². The molecule has 1 saturated heterocycles. The van der Waals surface area contributed by atoms with Gasteiger partial charge in [0, 0.05) is 19.6 Å². The minimum atomic E-state index is -0.720. The van der Waals surface area contributed by atoms with Gasteiger partial charge in [-0.1, -0.05) is 11.6 Å². The van der Waals surface area contributed by atoms with Crippen molar-refractivity contribution in [3.05, 3.63) is 34.6 Å². The van der Waals surface area contributed by atoms with E-state index in [4.69, 9.17) is 17.3 Å². The van der Waals surface area contributed by atoms with Crippen LogP contribution in [0.3, 0.4) is 0 Å². The molecule has 0 aromatic heterocycles. The lowest BCUT2D eigenvalue weighted by Crippen LogP contribution is -2.58. The Kier molecular flexibility index (Phi) is 4.01. The van der Waals surface area contributed by atoms with Crippen LogP contribution in [-0.2, 0) is 4.79 Å². The maximum Gasteiger partial charge on any atom is 0.256 e. The number of nitrogens with one attached hydrogen (secondary N) is 1. The molecule has 19 heavy (non-hydrogen) atoms. The molecule has 0 spiro atoms. The molecule has 1 aromatic carbocycles. The number of primary amides is 1. The average molecular weight is 286 g/mol. The summed E-state index contributed by atoms with van der Waals surface area (Å²) in [5.41, 5.74) is 5.43. The quantitative estimate of drug-likeness (QED) is 0.825. The number of carbonyl (C=O) groups is 2. The van der Waals surface area contributed by atoms with Crippen LogP contribution >= 0.6 is 11.6 Å². The molecule has 102 valence electrons. The Bertz CT molecular complexity index is 524. The number of hydrogen-bond donors (Lipinski definition) is 2. The summed E-state index contributed by atoms with van der Waals surface area (Å²) in [6.07, 6.45) is 0. The molecule has 1 atom stereocenters. The van der Waals surface area contributed by atoms with Gasteiger partial charge in [-0.2, -0.15) is 0 Å². The third kappa shape index (κ3) is 2.85. The number of hydrogen-bond acceptors (Lipinski definition) is 3. The second kappa shape index (κ2) is 5.54. The van der Waals surface area contributed by atoms with Crippen LogP contribution in [-0.4, -0.2) is 42.4 Å². The molecule has 1 unspecified atom stereocenters. The second-order valence-electron chi connectivity index (χ2n) is 4.25. The molecule has 5 nitrogen and oxygen atoms in total. The smallest absolute Gasteiger partial charge is 0.256 e. The first-order valence-corrected chi connectivity index (χ1v) is 6.14. The van der Waals surface area contributed by atoms with Crippen molar-refractivity contribution in [2.45, 2.75) is 6.04 Å². The summed E-state index contributed by atoms with van der Waals surface area (Å²) in [6, 6.07) is 2.80. The van der Waals surface area contributed by atoms with Crippen molar-refractivity contribution in [2.75, 3.05) is 19.6 Å². The van der Waals surface area contributed by atoms with Crippen molar-refractivity contribution in [3.8, 4) is 0 Å². The van der Waals surface area contributed by atoms with Gasteiger partial charge in [0.25, 0.3) is 5.91 Å². The predicted molar refractivity (Wildman–Crippen MR) is 68.3 cm³/mol. The van der Waals surface area contributed by atoms with Gasteiger partial charge < -0.3 is 16.0 Å². The molecule has 0 aliphatic carbocycles. The van der Waals surface area contributed by atoms with Gasteiger partial charge in [-0.05, 0) is 18.2 Å². The summed E-state index contributed by atoms with van der Waals surface area (Å²) in [5.74, 6) is -1.53. The van der Waals surface area contributed by atoms with Crippen molar-refractivity contribution in [3.63, 3.8) is 0 Å². The number of piperazine rings is 1. The average Bonchev–Trinajstić information content (AvgIpc) is 2.38. The van der Waals surface area contributed by atoms with Gasteiger partial charge in [-0.15, -0.1) is 0 Å². The first kappa shape index (κ1) is 13.8. The van der Waals surface area contributed by atoms with Crippen molar-refractivity contribution in [2.24, 2.45) is 5.73 Å². The number of amides is 2. The van der Waals surface area contributed by atoms with E-state index in [0.29, 0.717) is 19.6 Å². The second-order valence-corrected chi connectivity index (χ2v) is 4.65. The van der Waals surface area contributed by atoms with Gasteiger partial charge in [0.2, 0.25) is 5.91 Å². The third-order valence-corrected chi connectivity index (χ3v) is 3.31. The van der Waals surface area contributed by atoms with Gasteiger partial charge in [0.15, 0.2) is 0 Å². The Morgan fingerprint density at radius 2 is 2.21 bits per heavy atom. The molecule has 2 rings (SSSR count). The van der Waals surface area contributed by atoms with Crippen LogP contribution in [0.1, 0.15) is 10.4 Å². The lowest BCUT2D eigenvalue weighted by atomic mass is 10.1. The largest absolute Gasteiger partial charge is 0.368 e. The van der Waals surface area contributed by atoms with Crippen LogP contribution in [0.25, 0.3) is 0 Å². The number of carbonyl (C=O) groups excluding carboxylic acids is 2. The molecule has 0 radical (unpaired) electrons. The monoisotopic (exact) mass is 285 g/mol. The Morgan fingerprint density at radius 1 is 1.47 bits per heavy atom. The molecule has 3 N–H and O–H groups in total. The summed E-state index contributed by atoms with van der Waals surface area (Å²) in [6.45, 7) is 1.22. The third-order valence-electron chi connectivity index (χ3n) is 2.99. The van der Waals surface area contributed by atoms with Crippen LogP contribution < -0.4 is 11.1 Å². The summed E-state index contributed by atoms with van der Waals surface area (Å²) >= 11 is 5.85. The van der Waals surface area contributed by atoms with E-state index in [1.807, 2.05) is 0 Å². The summed E-state index contributed by atoms with van der Waals surface area (Å²) in [5, 5.41) is 3.01. The van der Waals surface area contributed by atoms with Gasteiger partial charge in [-0.25, -0.2) is 4.39 Å². The molecule has 1 heterocycles. The maximum absolute atomic E-state index is 13.0. The van der Waals surface area contributed by atoms with E-state index in [1.54, 1.807) is 0 Å². The topological polar surface area (TPSA) is 75.4 Å². The highest BCUT2D eigenvalue weighted by atomic mass is 35.5. The van der Waals surface area contributed by atoms with Crippen LogP contribution in [0.4, 0.5) is 4.39 Å². The standard InChI is InChI=1S/C12H13ClFN3O2/c13-9-5-7(14)1-2-8(9)12(19)17-4-3-16-6-10(17)11(15)18/h1-2,5,10,16H,3-4,6H2,(H2,15,18). The molecule has 1 aliphatic heterocycles. The van der Waals surface area contributed by atoms with E-state index in [9.17, 15) is 14.0 Å². The highest BCUT2D eigenvalue weighted by Gasteiger charge is 2.31. The van der Waals surface area contributed by atoms with E-state index in [1.165, 1.54) is 11.0 Å². The minimum absolute atomic E-state index is 0.0201. The fourth-order valence-corrected chi connectivity index (χ4v) is 2.27. The molecule has 2 amide bonds. The van der Waals surface area contributed by atoms with Gasteiger partial charge >= 0.3 is 0 Å². The van der Waals surface area contributed by atoms with Gasteiger partial charge in [-0.3, -0.25) is 9.59 Å². The zero-order valence-corrected chi connectivity index (χ0v) is 10.8. The summed E-state index contributed by atoms with van der Waals surface area (Å²) < 4.78 is 13.0. The maximum atomic E-state index is 13.0. The van der Waals surface area contributed by atoms with Crippen LogP contribution in [0.15, 0.2) is 18.2 Å². The fourth-order valence-electron chi connectivity index (χ4n) is 2.02. The number of rotatable bonds is 2. The van der Waals surface area contributed by atoms with Gasteiger partial charge in [0.1, 0.15) is 11.9 Å². The molecular formula is C12H13ClFN3O2. The van der Waals surface area contributed by atoms with Gasteiger partial charge in [0.05, 0.1) is 10.6 Å². The Labute approximate surface area is 114 Å². The van der Waals surface area contributed by atoms with Crippen molar-refractivity contribution >= 4 is 23.4 Å². The molecule has 7 heteroatoms. The van der Waals surface area contributed by atoms with E-state index in [-0.39, 0.29) is 10.6 Å². The molecule has 1 fully saturated rings. The highest BCUT2D eigenvalue weighted by molar-refractivity contribution is 6.33. The first-order chi connectivity index (χ1) is 9.00. The number of nitrogens with two attached hydrogens (primary N) is 1. The zero-order chi connectivity index (χ0) is 14.0.